The third kappa shape index (κ3) is 3.22. The van der Waals surface area contributed by atoms with Crippen LogP contribution in [0.25, 0.3) is 0 Å². The summed E-state index contributed by atoms with van der Waals surface area (Å²) in [6, 6.07) is 0. The molecule has 1 heterocycles. The van der Waals surface area contributed by atoms with Crippen LogP contribution in [-0.4, -0.2) is 32.9 Å². The van der Waals surface area contributed by atoms with E-state index in [2.05, 4.69) is 13.8 Å². The second-order valence-electron chi connectivity index (χ2n) is 2.42. The average molecular weight is 146 g/mol. The Morgan fingerprint density at radius 2 is 1.67 bits per heavy atom. The van der Waals surface area contributed by atoms with E-state index in [-0.39, 0.29) is 8.41 Å². The highest BCUT2D eigenvalue weighted by atomic mass is 31.1. The molecule has 0 bridgehead atoms. The maximum absolute atomic E-state index is 5.49. The van der Waals surface area contributed by atoms with Gasteiger partial charge in [-0.1, -0.05) is 0 Å². The van der Waals surface area contributed by atoms with E-state index >= 15 is 0 Å². The first-order valence-electron chi connectivity index (χ1n) is 3.15. The lowest BCUT2D eigenvalue weighted by atomic mass is 10.4. The monoisotopic (exact) mass is 146 g/mol. The predicted molar refractivity (Wildman–Crippen MR) is 48.0 cm³/mol. The van der Waals surface area contributed by atoms with Gasteiger partial charge < -0.3 is 4.74 Å². The maximum atomic E-state index is 5.49. The van der Waals surface area contributed by atoms with Crippen LogP contribution in [0.5, 0.6) is 0 Å². The van der Waals surface area contributed by atoms with Gasteiger partial charge in [-0.15, -0.1) is 8.58 Å². The van der Waals surface area contributed by atoms with Crippen LogP contribution in [0, 0.1) is 0 Å². The smallest absolute Gasteiger partial charge is 0.0814 e. The molecule has 1 saturated heterocycles. The minimum atomic E-state index is 0. The molecule has 0 saturated carbocycles. The van der Waals surface area contributed by atoms with Crippen molar-refractivity contribution in [1.29, 1.82) is 0 Å². The Morgan fingerprint density at radius 3 is 1.89 bits per heavy atom. The summed E-state index contributed by atoms with van der Waals surface area (Å²) in [5, 5.41) is 0. The standard InChI is InChI=1S/C6H13OP.BH3/c1-5-3-8-4-6(2)7-5;/h5-6,8H,3-4H2,1-2H3;1H3/t5-,6-;/m1./s1. The van der Waals surface area contributed by atoms with Gasteiger partial charge in [-0.25, -0.2) is 0 Å². The van der Waals surface area contributed by atoms with Crippen LogP contribution in [0.1, 0.15) is 13.8 Å². The van der Waals surface area contributed by atoms with E-state index in [0.717, 1.165) is 8.58 Å². The maximum Gasteiger partial charge on any atom is 0.0814 e. The Hall–Kier alpha value is 0.455. The van der Waals surface area contributed by atoms with Crippen molar-refractivity contribution in [3.63, 3.8) is 0 Å². The Balaban J connectivity index is 0.000000640. The highest BCUT2D eigenvalue weighted by molar-refractivity contribution is 7.38. The molecule has 0 aromatic carbocycles. The van der Waals surface area contributed by atoms with E-state index in [0.29, 0.717) is 12.2 Å². The predicted octanol–water partition coefficient (Wildman–Crippen LogP) is 0.288. The number of hydrogen-bond donors (Lipinski definition) is 0. The zero-order chi connectivity index (χ0) is 5.98. The summed E-state index contributed by atoms with van der Waals surface area (Å²) in [7, 11) is 1.14. The van der Waals surface area contributed by atoms with Crippen LogP contribution in [0.4, 0.5) is 0 Å². The van der Waals surface area contributed by atoms with E-state index in [1.165, 1.54) is 12.3 Å². The fourth-order valence-electron chi connectivity index (χ4n) is 0.983. The normalized spacial score (nSPS) is 38.0. The van der Waals surface area contributed by atoms with Gasteiger partial charge in [0.2, 0.25) is 0 Å². The molecule has 9 heavy (non-hydrogen) atoms. The molecule has 0 amide bonds. The molecule has 0 radical (unpaired) electrons. The fraction of sp³-hybridized carbons (Fsp3) is 1.00. The summed E-state index contributed by atoms with van der Waals surface area (Å²) in [6.45, 7) is 4.31. The minimum Gasteiger partial charge on any atom is -0.375 e. The van der Waals surface area contributed by atoms with Gasteiger partial charge in [0.1, 0.15) is 0 Å². The molecule has 54 valence electrons. The molecule has 0 aliphatic carbocycles. The van der Waals surface area contributed by atoms with E-state index in [1.807, 2.05) is 0 Å². The Morgan fingerprint density at radius 1 is 1.22 bits per heavy atom. The number of hydrogen-bond acceptors (Lipinski definition) is 1. The highest BCUT2D eigenvalue weighted by Crippen LogP contribution is 2.22. The second kappa shape index (κ2) is 4.30. The first kappa shape index (κ1) is 9.45. The largest absolute Gasteiger partial charge is 0.375 e. The van der Waals surface area contributed by atoms with Crippen molar-refractivity contribution in [1.82, 2.24) is 0 Å². The lowest BCUT2D eigenvalue weighted by molar-refractivity contribution is 0.0278. The molecule has 3 heteroatoms. The van der Waals surface area contributed by atoms with Crippen LogP contribution >= 0.6 is 8.58 Å². The van der Waals surface area contributed by atoms with Gasteiger partial charge in [0, 0.05) is 0 Å². The summed E-state index contributed by atoms with van der Waals surface area (Å²) >= 11 is 0. The average Bonchev–Trinajstić information content (AvgIpc) is 1.64. The van der Waals surface area contributed by atoms with Crippen LogP contribution in [0.15, 0.2) is 0 Å². The fourth-order valence-corrected chi connectivity index (χ4v) is 2.15. The van der Waals surface area contributed by atoms with Gasteiger partial charge in [-0.2, -0.15) is 0 Å². The SMILES string of the molecule is B.C[C@@H]1CPC[C@@H](C)O1. The van der Waals surface area contributed by atoms with Crippen molar-refractivity contribution in [3.05, 3.63) is 0 Å². The zero-order valence-electron chi connectivity index (χ0n) is 5.48. The summed E-state index contributed by atoms with van der Waals surface area (Å²) < 4.78 is 5.49. The molecular formula is C6H16BOP. The van der Waals surface area contributed by atoms with Crippen molar-refractivity contribution < 1.29 is 4.74 Å². The van der Waals surface area contributed by atoms with Gasteiger partial charge in [0.15, 0.2) is 0 Å². The van der Waals surface area contributed by atoms with E-state index < -0.39 is 0 Å². The lowest BCUT2D eigenvalue weighted by Gasteiger charge is -2.24. The molecular weight excluding hydrogens is 130 g/mol. The molecule has 2 atom stereocenters. The molecule has 1 fully saturated rings. The minimum absolute atomic E-state index is 0. The van der Waals surface area contributed by atoms with Crippen molar-refractivity contribution in [2.24, 2.45) is 0 Å². The molecule has 1 aliphatic heterocycles. The Kier molecular flexibility index (Phi) is 4.52. The van der Waals surface area contributed by atoms with Crippen LogP contribution in [0.3, 0.4) is 0 Å². The molecule has 1 rings (SSSR count). The molecule has 0 unspecified atom stereocenters. The van der Waals surface area contributed by atoms with Crippen molar-refractivity contribution in [3.8, 4) is 0 Å². The third-order valence-electron chi connectivity index (χ3n) is 1.33. The van der Waals surface area contributed by atoms with Gasteiger partial charge in [-0.05, 0) is 26.2 Å². The topological polar surface area (TPSA) is 9.23 Å². The molecule has 0 N–H and O–H groups in total. The van der Waals surface area contributed by atoms with Gasteiger partial charge in [0.25, 0.3) is 0 Å². The van der Waals surface area contributed by atoms with E-state index in [9.17, 15) is 0 Å². The second-order valence-corrected chi connectivity index (χ2v) is 3.73. The number of ether oxygens (including phenoxy) is 1. The first-order valence-corrected chi connectivity index (χ1v) is 4.56. The van der Waals surface area contributed by atoms with Crippen LogP contribution in [-0.2, 0) is 4.74 Å². The van der Waals surface area contributed by atoms with Gasteiger partial charge in [0.05, 0.1) is 20.6 Å². The molecule has 1 nitrogen and oxygen atoms in total. The van der Waals surface area contributed by atoms with E-state index in [4.69, 9.17) is 4.74 Å². The lowest BCUT2D eigenvalue weighted by Crippen LogP contribution is -2.25. The summed E-state index contributed by atoms with van der Waals surface area (Å²) in [5.74, 6) is 0. The van der Waals surface area contributed by atoms with Crippen LogP contribution in [0.2, 0.25) is 0 Å². The summed E-state index contributed by atoms with van der Waals surface area (Å²) in [6.07, 6.45) is 3.61. The molecule has 1 aliphatic rings. The molecule has 0 aromatic heterocycles. The Bertz CT molecular complexity index is 71.5. The summed E-state index contributed by atoms with van der Waals surface area (Å²) in [5.41, 5.74) is 0. The van der Waals surface area contributed by atoms with Gasteiger partial charge in [-0.3, -0.25) is 0 Å². The quantitative estimate of drug-likeness (QED) is 0.352. The number of rotatable bonds is 0. The van der Waals surface area contributed by atoms with Gasteiger partial charge >= 0.3 is 0 Å². The molecule has 0 spiro atoms. The van der Waals surface area contributed by atoms with Crippen molar-refractivity contribution in [2.75, 3.05) is 12.3 Å². The first-order chi connectivity index (χ1) is 3.79. The van der Waals surface area contributed by atoms with Crippen molar-refractivity contribution >= 4 is 17.0 Å². The Labute approximate surface area is 60.9 Å². The molecule has 0 aromatic rings. The zero-order valence-corrected chi connectivity index (χ0v) is 6.48. The third-order valence-corrected chi connectivity index (χ3v) is 3.06. The van der Waals surface area contributed by atoms with Crippen molar-refractivity contribution in [2.45, 2.75) is 26.1 Å². The summed E-state index contributed by atoms with van der Waals surface area (Å²) in [4.78, 5) is 0. The van der Waals surface area contributed by atoms with Crippen LogP contribution < -0.4 is 0 Å². The van der Waals surface area contributed by atoms with E-state index in [1.54, 1.807) is 0 Å². The highest BCUT2D eigenvalue weighted by Gasteiger charge is 2.13.